The summed E-state index contributed by atoms with van der Waals surface area (Å²) in [6.45, 7) is 2.43. The lowest BCUT2D eigenvalue weighted by Crippen LogP contribution is -2.55. The molecule has 6 atom stereocenters. The Kier molecular flexibility index (Phi) is 3.44. The third-order valence-corrected chi connectivity index (χ3v) is 7.83. The van der Waals surface area contributed by atoms with E-state index in [4.69, 9.17) is 11.3 Å². The lowest BCUT2D eigenvalue weighted by atomic mass is 9.50. The second-order valence-electron chi connectivity index (χ2n) is 8.36. The monoisotopic (exact) mass is 300 g/mol. The van der Waals surface area contributed by atoms with E-state index in [1.165, 1.54) is 31.3 Å². The zero-order valence-corrected chi connectivity index (χ0v) is 13.7. The molecule has 3 saturated carbocycles. The van der Waals surface area contributed by atoms with Crippen LogP contribution in [0.25, 0.3) is 0 Å². The molecule has 4 aliphatic rings. The number of fused-ring (bicyclic) bond motifs is 5. The van der Waals surface area contributed by atoms with Crippen molar-refractivity contribution in [1.82, 2.24) is 0 Å². The molecule has 3 fully saturated rings. The molecule has 0 radical (unpaired) electrons. The van der Waals surface area contributed by atoms with E-state index in [9.17, 15) is 5.26 Å². The summed E-state index contributed by atoms with van der Waals surface area (Å²) in [6, 6.07) is 0. The minimum absolute atomic E-state index is 0.322. The van der Waals surface area contributed by atoms with Gasteiger partial charge in [0.1, 0.15) is 5.60 Å². The summed E-state index contributed by atoms with van der Waals surface area (Å²) in [5.41, 5.74) is 1.34. The van der Waals surface area contributed by atoms with Crippen LogP contribution in [0, 0.1) is 41.4 Å². The molecule has 0 aliphatic heterocycles. The Bertz CT molecular complexity index is 530. The average Bonchev–Trinajstić information content (AvgIpc) is 2.90. The summed E-state index contributed by atoms with van der Waals surface area (Å²) < 4.78 is 0. The molecule has 0 aromatic heterocycles. The van der Waals surface area contributed by atoms with E-state index in [1.54, 1.807) is 0 Å². The normalized spacial score (nSPS) is 50.3. The van der Waals surface area contributed by atoms with E-state index in [2.05, 4.69) is 18.9 Å². The van der Waals surface area contributed by atoms with Crippen LogP contribution in [0.4, 0.5) is 0 Å². The summed E-state index contributed by atoms with van der Waals surface area (Å²) in [5, 5.41) is 9.85. The molecule has 4 rings (SSSR count). The van der Waals surface area contributed by atoms with Gasteiger partial charge in [-0.1, -0.05) is 13.0 Å². The first-order chi connectivity index (χ1) is 10.7. The van der Waals surface area contributed by atoms with Crippen LogP contribution in [0.1, 0.15) is 64.7 Å². The average molecular weight is 300 g/mol. The maximum Gasteiger partial charge on any atom is 0.127 e. The lowest BCUT2D eigenvalue weighted by molar-refractivity contribution is -0.342. The van der Waals surface area contributed by atoms with E-state index in [-0.39, 0.29) is 5.60 Å². The highest BCUT2D eigenvalue weighted by molar-refractivity contribution is 5.27. The fourth-order valence-electron chi connectivity index (χ4n) is 6.75. The molecule has 0 unspecified atom stereocenters. The quantitative estimate of drug-likeness (QED) is 0.326. The van der Waals surface area contributed by atoms with E-state index < -0.39 is 0 Å². The molecule has 0 aromatic carbocycles. The molecule has 1 N–H and O–H groups in total. The zero-order chi connectivity index (χ0) is 15.4. The van der Waals surface area contributed by atoms with E-state index in [1.807, 2.05) is 0 Å². The van der Waals surface area contributed by atoms with Crippen molar-refractivity contribution in [2.24, 2.45) is 29.1 Å². The molecule has 0 amide bonds. The summed E-state index contributed by atoms with van der Waals surface area (Å²) in [7, 11) is 0. The Morgan fingerprint density at radius 1 is 1.23 bits per heavy atom. The smallest absolute Gasteiger partial charge is 0.127 e. The molecular weight excluding hydrogens is 272 g/mol. The molecule has 0 saturated heterocycles. The van der Waals surface area contributed by atoms with Crippen LogP contribution >= 0.6 is 0 Å². The Hall–Kier alpha value is -0.780. The highest BCUT2D eigenvalue weighted by Gasteiger charge is 2.60. The molecule has 0 spiro atoms. The second-order valence-corrected chi connectivity index (χ2v) is 8.36. The highest BCUT2D eigenvalue weighted by Crippen LogP contribution is 2.64. The molecule has 0 bridgehead atoms. The summed E-state index contributed by atoms with van der Waals surface area (Å²) in [4.78, 5) is 5.28. The van der Waals surface area contributed by atoms with E-state index in [0.717, 1.165) is 38.0 Å². The Balaban J connectivity index is 1.70. The standard InChI is InChI=1S/C20H28O2/c1-3-14-8-10-17-16-9-7-15-6-4-5-12-20(15,22-21)18(16)11-13-19(14,17)2/h1,6,14,16-18,21H,4-5,7-13H2,2H3/t14-,16-,17-,18-,19+,20+/m0/s1. The Labute approximate surface area is 134 Å². The topological polar surface area (TPSA) is 29.5 Å². The zero-order valence-electron chi connectivity index (χ0n) is 13.7. The Morgan fingerprint density at radius 2 is 2.09 bits per heavy atom. The van der Waals surface area contributed by atoms with Gasteiger partial charge >= 0.3 is 0 Å². The van der Waals surface area contributed by atoms with Crippen molar-refractivity contribution in [3.05, 3.63) is 11.6 Å². The summed E-state index contributed by atoms with van der Waals surface area (Å²) >= 11 is 0. The van der Waals surface area contributed by atoms with Crippen LogP contribution in [0.3, 0.4) is 0 Å². The van der Waals surface area contributed by atoms with Gasteiger partial charge in [-0.25, -0.2) is 4.89 Å². The van der Waals surface area contributed by atoms with Crippen LogP contribution in [0.15, 0.2) is 11.6 Å². The van der Waals surface area contributed by atoms with Gasteiger partial charge in [-0.3, -0.25) is 5.26 Å². The van der Waals surface area contributed by atoms with Gasteiger partial charge in [0.2, 0.25) is 0 Å². The minimum atomic E-state index is -0.364. The van der Waals surface area contributed by atoms with Crippen LogP contribution < -0.4 is 0 Å². The first-order valence-electron chi connectivity index (χ1n) is 9.14. The molecular formula is C20H28O2. The van der Waals surface area contributed by atoms with E-state index >= 15 is 0 Å². The van der Waals surface area contributed by atoms with Crippen molar-refractivity contribution in [3.63, 3.8) is 0 Å². The molecule has 0 heterocycles. The maximum absolute atomic E-state index is 9.85. The van der Waals surface area contributed by atoms with Gasteiger partial charge in [0.25, 0.3) is 0 Å². The SMILES string of the molecule is C#C[C@H]1CC[C@H]2[C@@H]3CCC4=CCCC[C@]4(OO)[C@H]3CC[C@]12C. The third-order valence-electron chi connectivity index (χ3n) is 7.83. The molecule has 2 heteroatoms. The van der Waals surface area contributed by atoms with Crippen molar-refractivity contribution >= 4 is 0 Å². The number of rotatable bonds is 1. The minimum Gasteiger partial charge on any atom is -0.251 e. The van der Waals surface area contributed by atoms with Crippen LogP contribution in [-0.4, -0.2) is 10.9 Å². The molecule has 0 aromatic rings. The van der Waals surface area contributed by atoms with Crippen molar-refractivity contribution in [2.75, 3.05) is 0 Å². The number of hydrogen-bond donors (Lipinski definition) is 1. The van der Waals surface area contributed by atoms with E-state index in [0.29, 0.717) is 23.2 Å². The molecule has 22 heavy (non-hydrogen) atoms. The van der Waals surface area contributed by atoms with Crippen molar-refractivity contribution in [2.45, 2.75) is 70.3 Å². The van der Waals surface area contributed by atoms with Crippen LogP contribution in [0.2, 0.25) is 0 Å². The predicted octanol–water partition coefficient (Wildman–Crippen LogP) is 4.81. The fraction of sp³-hybridized carbons (Fsp3) is 0.800. The van der Waals surface area contributed by atoms with Crippen molar-refractivity contribution in [3.8, 4) is 12.3 Å². The number of allylic oxidation sites excluding steroid dienone is 1. The van der Waals surface area contributed by atoms with Gasteiger partial charge in [0.15, 0.2) is 0 Å². The lowest BCUT2D eigenvalue weighted by Gasteiger charge is -2.57. The molecule has 2 nitrogen and oxygen atoms in total. The highest BCUT2D eigenvalue weighted by atomic mass is 17.1. The van der Waals surface area contributed by atoms with Gasteiger partial charge in [-0.05, 0) is 86.5 Å². The van der Waals surface area contributed by atoms with Gasteiger partial charge in [-0.15, -0.1) is 12.3 Å². The summed E-state index contributed by atoms with van der Waals surface area (Å²) in [6.07, 6.45) is 18.7. The third kappa shape index (κ3) is 1.76. The Morgan fingerprint density at radius 3 is 2.86 bits per heavy atom. The first-order valence-corrected chi connectivity index (χ1v) is 9.14. The molecule has 120 valence electrons. The van der Waals surface area contributed by atoms with Gasteiger partial charge < -0.3 is 0 Å². The van der Waals surface area contributed by atoms with Gasteiger partial charge in [0, 0.05) is 5.92 Å². The molecule has 4 aliphatic carbocycles. The first kappa shape index (κ1) is 14.8. The second kappa shape index (κ2) is 5.11. The largest absolute Gasteiger partial charge is 0.251 e. The van der Waals surface area contributed by atoms with Crippen molar-refractivity contribution in [1.29, 1.82) is 0 Å². The summed E-state index contributed by atoms with van der Waals surface area (Å²) in [5.74, 6) is 5.44. The maximum atomic E-state index is 9.85. The number of hydrogen-bond acceptors (Lipinski definition) is 2. The van der Waals surface area contributed by atoms with Gasteiger partial charge in [-0.2, -0.15) is 0 Å². The predicted molar refractivity (Wildman–Crippen MR) is 87.0 cm³/mol. The van der Waals surface area contributed by atoms with Crippen LogP contribution in [-0.2, 0) is 4.89 Å². The van der Waals surface area contributed by atoms with Crippen molar-refractivity contribution < 1.29 is 10.1 Å². The fourth-order valence-corrected chi connectivity index (χ4v) is 6.75. The number of terminal acetylenes is 1. The van der Waals surface area contributed by atoms with Crippen LogP contribution in [0.5, 0.6) is 0 Å². The van der Waals surface area contributed by atoms with Gasteiger partial charge in [0.05, 0.1) is 0 Å².